The van der Waals surface area contributed by atoms with Gasteiger partial charge in [0.15, 0.2) is 0 Å². The molecule has 3 nitrogen and oxygen atoms in total. The van der Waals surface area contributed by atoms with E-state index in [0.29, 0.717) is 5.92 Å². The molecule has 0 saturated heterocycles. The summed E-state index contributed by atoms with van der Waals surface area (Å²) in [6.07, 6.45) is 1.85. The zero-order chi connectivity index (χ0) is 7.61. The third kappa shape index (κ3) is 2.34. The Morgan fingerprint density at radius 2 is 2.20 bits per heavy atom. The number of alkyl halides is 1. The first-order valence-corrected chi connectivity index (χ1v) is 6.37. The van der Waals surface area contributed by atoms with Crippen LogP contribution in [-0.4, -0.2) is 17.2 Å². The molecule has 0 aromatic heterocycles. The van der Waals surface area contributed by atoms with Crippen LogP contribution in [0.15, 0.2) is 0 Å². The van der Waals surface area contributed by atoms with Crippen molar-refractivity contribution in [1.82, 2.24) is 0 Å². The molecule has 1 saturated carbocycles. The summed E-state index contributed by atoms with van der Waals surface area (Å²) in [5.74, 6) is 0.634. The molecule has 0 aliphatic heterocycles. The Hall–Kier alpha value is 0.610. The first-order valence-electron chi connectivity index (χ1n) is 3.33. The van der Waals surface area contributed by atoms with Crippen LogP contribution in [-0.2, 0) is 3.07 Å². The summed E-state index contributed by atoms with van der Waals surface area (Å²) < 4.78 is 5.33. The van der Waals surface area contributed by atoms with Crippen LogP contribution >= 0.6 is 0 Å². The second-order valence-electron chi connectivity index (χ2n) is 2.94. The van der Waals surface area contributed by atoms with Gasteiger partial charge in [0, 0.05) is 0 Å². The molecule has 62 valence electrons. The maximum absolute atomic E-state index is 5.61. The molecule has 1 fully saturated rings. The predicted molar refractivity (Wildman–Crippen MR) is 35.7 cm³/mol. The van der Waals surface area contributed by atoms with Crippen molar-refractivity contribution in [3.05, 3.63) is 0 Å². The minimum atomic E-state index is -0.375. The number of hydrogen-bond acceptors (Lipinski definition) is 3. The van der Waals surface area contributed by atoms with Crippen molar-refractivity contribution < 1.29 is 24.7 Å². The van der Waals surface area contributed by atoms with Gasteiger partial charge in [-0.05, 0) is 0 Å². The van der Waals surface area contributed by atoms with E-state index < -0.39 is 0 Å². The fourth-order valence-electron chi connectivity index (χ4n) is 1.29. The van der Waals surface area contributed by atoms with E-state index in [1.54, 1.807) is 0 Å². The Balaban J connectivity index is 2.03. The van der Waals surface area contributed by atoms with Crippen LogP contribution in [0.25, 0.3) is 0 Å². The Labute approximate surface area is 72.3 Å². The van der Waals surface area contributed by atoms with Crippen LogP contribution in [0.3, 0.4) is 0 Å². The summed E-state index contributed by atoms with van der Waals surface area (Å²) in [6, 6.07) is 0. The van der Waals surface area contributed by atoms with Crippen LogP contribution in [0, 0.1) is 5.92 Å². The summed E-state index contributed by atoms with van der Waals surface area (Å²) in [4.78, 5) is 2.11. The fourth-order valence-corrected chi connectivity index (χ4v) is 2.15. The monoisotopic (exact) mass is 257 g/mol. The Morgan fingerprint density at radius 1 is 1.60 bits per heavy atom. The average Bonchev–Trinajstić information content (AvgIpc) is 1.78. The molecular formula is C6H14IN2O-. The fraction of sp³-hybridized carbons (Fsp3) is 1.00. The van der Waals surface area contributed by atoms with Gasteiger partial charge in [-0.25, -0.2) is 0 Å². The molecule has 0 aromatic rings. The minimum absolute atomic E-state index is 0.0114. The predicted octanol–water partition coefficient (Wildman–Crippen LogP) is -3.34. The van der Waals surface area contributed by atoms with Crippen molar-refractivity contribution in [1.29, 1.82) is 0 Å². The van der Waals surface area contributed by atoms with Gasteiger partial charge in [0.2, 0.25) is 0 Å². The second kappa shape index (κ2) is 3.34. The maximum atomic E-state index is 5.61. The molecule has 0 radical (unpaired) electrons. The first-order chi connectivity index (χ1) is 4.64. The van der Waals surface area contributed by atoms with E-state index in [9.17, 15) is 0 Å². The van der Waals surface area contributed by atoms with Crippen molar-refractivity contribution >= 4 is 0 Å². The van der Waals surface area contributed by atoms with Gasteiger partial charge in [-0.3, -0.25) is 0 Å². The number of nitrogens with two attached hydrogens (primary N) is 2. The molecule has 0 atom stereocenters. The third-order valence-corrected chi connectivity index (χ3v) is 2.73. The van der Waals surface area contributed by atoms with Crippen LogP contribution in [0.4, 0.5) is 0 Å². The van der Waals surface area contributed by atoms with Gasteiger partial charge in [-0.2, -0.15) is 0 Å². The molecule has 1 rings (SSSR count). The van der Waals surface area contributed by atoms with Crippen molar-refractivity contribution in [2.75, 3.05) is 11.5 Å². The standard InChI is InChI=1S/C6H14IN2O/c1-7-10-4-5-2-6(8,9)3-5/h5H,2-4,8-9H2,1H3/q-1. The van der Waals surface area contributed by atoms with Gasteiger partial charge < -0.3 is 0 Å². The first kappa shape index (κ1) is 8.70. The summed E-state index contributed by atoms with van der Waals surface area (Å²) in [6.45, 7) is 0.875. The number of halogens is 1. The van der Waals surface area contributed by atoms with E-state index in [4.69, 9.17) is 14.5 Å². The molecule has 10 heavy (non-hydrogen) atoms. The Kier molecular flexibility index (Phi) is 2.91. The summed E-state index contributed by atoms with van der Waals surface area (Å²) in [5, 5.41) is 0. The topological polar surface area (TPSA) is 61.3 Å². The van der Waals surface area contributed by atoms with E-state index in [0.717, 1.165) is 19.4 Å². The number of rotatable bonds is 3. The van der Waals surface area contributed by atoms with Crippen molar-refractivity contribution in [3.8, 4) is 0 Å². The zero-order valence-corrected chi connectivity index (χ0v) is 8.30. The van der Waals surface area contributed by atoms with Gasteiger partial charge in [-0.15, -0.1) is 0 Å². The van der Waals surface area contributed by atoms with Crippen LogP contribution in [0.2, 0.25) is 0 Å². The molecule has 4 N–H and O–H groups in total. The molecule has 0 amide bonds. The average molecular weight is 257 g/mol. The van der Waals surface area contributed by atoms with Crippen LogP contribution in [0.5, 0.6) is 0 Å². The van der Waals surface area contributed by atoms with Gasteiger partial charge >= 0.3 is 72.1 Å². The van der Waals surface area contributed by atoms with E-state index in [1.807, 2.05) is 0 Å². The molecule has 0 bridgehead atoms. The third-order valence-electron chi connectivity index (χ3n) is 1.75. The second-order valence-corrected chi connectivity index (χ2v) is 4.44. The van der Waals surface area contributed by atoms with Crippen molar-refractivity contribution in [3.63, 3.8) is 0 Å². The Morgan fingerprint density at radius 3 is 2.60 bits per heavy atom. The van der Waals surface area contributed by atoms with Crippen molar-refractivity contribution in [2.24, 2.45) is 17.4 Å². The summed E-state index contributed by atoms with van der Waals surface area (Å²) in [5.41, 5.74) is 10.9. The molecule has 0 spiro atoms. The van der Waals surface area contributed by atoms with E-state index >= 15 is 0 Å². The summed E-state index contributed by atoms with van der Waals surface area (Å²) >= 11 is -0.0114. The number of hydrogen-bond donors (Lipinski definition) is 2. The van der Waals surface area contributed by atoms with Gasteiger partial charge in [-0.1, -0.05) is 0 Å². The van der Waals surface area contributed by atoms with E-state index in [2.05, 4.69) is 4.93 Å². The molecule has 4 heteroatoms. The molecule has 1 aliphatic carbocycles. The molecule has 0 heterocycles. The Bertz CT molecular complexity index is 110. The van der Waals surface area contributed by atoms with E-state index in [1.165, 1.54) is 0 Å². The quantitative estimate of drug-likeness (QED) is 0.316. The summed E-state index contributed by atoms with van der Waals surface area (Å²) in [7, 11) is 0. The molecule has 1 aliphatic rings. The van der Waals surface area contributed by atoms with Gasteiger partial charge in [0.25, 0.3) is 0 Å². The normalized spacial score (nSPS) is 24.7. The SMILES string of the molecule is C[I-]OCC1CC(N)(N)C1. The van der Waals surface area contributed by atoms with Gasteiger partial charge in [0.1, 0.15) is 0 Å². The van der Waals surface area contributed by atoms with E-state index in [-0.39, 0.29) is 27.3 Å². The molecular weight excluding hydrogens is 243 g/mol. The van der Waals surface area contributed by atoms with Crippen LogP contribution < -0.4 is 33.1 Å². The molecule has 0 unspecified atom stereocenters. The zero-order valence-electron chi connectivity index (χ0n) is 6.14. The van der Waals surface area contributed by atoms with Gasteiger partial charge in [0.05, 0.1) is 0 Å². The van der Waals surface area contributed by atoms with Crippen LogP contribution in [0.1, 0.15) is 12.8 Å². The van der Waals surface area contributed by atoms with Crippen molar-refractivity contribution in [2.45, 2.75) is 18.5 Å². The molecule has 0 aromatic carbocycles.